The summed E-state index contributed by atoms with van der Waals surface area (Å²) in [7, 11) is 0. The summed E-state index contributed by atoms with van der Waals surface area (Å²) >= 11 is 0. The highest BCUT2D eigenvalue weighted by atomic mass is 19.1. The monoisotopic (exact) mass is 266 g/mol. The fourth-order valence-electron chi connectivity index (χ4n) is 2.50. The van der Waals surface area contributed by atoms with E-state index in [-0.39, 0.29) is 24.5 Å². The first kappa shape index (κ1) is 13.8. The number of hydrogen-bond acceptors (Lipinski definition) is 2. The molecule has 4 nitrogen and oxygen atoms in total. The number of aliphatic hydroxyl groups is 1. The van der Waals surface area contributed by atoms with E-state index in [0.717, 1.165) is 24.0 Å². The van der Waals surface area contributed by atoms with E-state index in [1.54, 1.807) is 11.0 Å². The van der Waals surface area contributed by atoms with Gasteiger partial charge in [-0.1, -0.05) is 6.07 Å². The zero-order chi connectivity index (χ0) is 13.8. The normalized spacial score (nSPS) is 17.1. The highest BCUT2D eigenvalue weighted by Crippen LogP contribution is 2.31. The Morgan fingerprint density at radius 3 is 3.05 bits per heavy atom. The molecular weight excluding hydrogens is 247 g/mol. The van der Waals surface area contributed by atoms with Crippen LogP contribution in [0.4, 0.5) is 9.18 Å². The van der Waals surface area contributed by atoms with Crippen molar-refractivity contribution in [3.63, 3.8) is 0 Å². The fraction of sp³-hybridized carbons (Fsp3) is 0.500. The quantitative estimate of drug-likeness (QED) is 0.873. The van der Waals surface area contributed by atoms with E-state index in [1.165, 1.54) is 12.1 Å². The number of carbonyl (C=O) groups is 1. The number of urea groups is 1. The van der Waals surface area contributed by atoms with E-state index in [0.29, 0.717) is 13.1 Å². The molecule has 1 atom stereocenters. The second-order valence-electron chi connectivity index (χ2n) is 4.69. The van der Waals surface area contributed by atoms with Gasteiger partial charge < -0.3 is 15.3 Å². The summed E-state index contributed by atoms with van der Waals surface area (Å²) in [4.78, 5) is 13.6. The van der Waals surface area contributed by atoms with Crippen LogP contribution in [0.15, 0.2) is 18.2 Å². The van der Waals surface area contributed by atoms with Crippen molar-refractivity contribution in [1.29, 1.82) is 0 Å². The van der Waals surface area contributed by atoms with Crippen molar-refractivity contribution in [2.75, 3.05) is 19.7 Å². The van der Waals surface area contributed by atoms with Crippen molar-refractivity contribution in [2.45, 2.75) is 25.8 Å². The molecule has 0 saturated heterocycles. The van der Waals surface area contributed by atoms with Crippen LogP contribution in [0.1, 0.15) is 30.5 Å². The summed E-state index contributed by atoms with van der Waals surface area (Å²) in [5.74, 6) is -0.235. The number of amides is 2. The molecule has 2 rings (SSSR count). The van der Waals surface area contributed by atoms with E-state index in [2.05, 4.69) is 5.32 Å². The Morgan fingerprint density at radius 1 is 1.58 bits per heavy atom. The molecule has 19 heavy (non-hydrogen) atoms. The van der Waals surface area contributed by atoms with Crippen molar-refractivity contribution < 1.29 is 14.3 Å². The first-order chi connectivity index (χ1) is 9.15. The van der Waals surface area contributed by atoms with Crippen molar-refractivity contribution in [2.24, 2.45) is 0 Å². The molecule has 104 valence electrons. The van der Waals surface area contributed by atoms with Crippen LogP contribution in [0.2, 0.25) is 0 Å². The number of aliphatic hydroxyl groups excluding tert-OH is 1. The molecule has 5 heteroatoms. The number of rotatable bonds is 4. The largest absolute Gasteiger partial charge is 0.395 e. The lowest BCUT2D eigenvalue weighted by Gasteiger charge is -2.23. The number of hydrogen-bond donors (Lipinski definition) is 2. The van der Waals surface area contributed by atoms with Crippen LogP contribution >= 0.6 is 0 Å². The molecule has 1 aromatic rings. The number of nitrogens with one attached hydrogen (secondary N) is 1. The van der Waals surface area contributed by atoms with Crippen LogP contribution in [0.3, 0.4) is 0 Å². The Morgan fingerprint density at radius 2 is 2.37 bits per heavy atom. The minimum Gasteiger partial charge on any atom is -0.395 e. The van der Waals surface area contributed by atoms with Crippen LogP contribution in [0.25, 0.3) is 0 Å². The summed E-state index contributed by atoms with van der Waals surface area (Å²) in [6.07, 6.45) is 1.57. The number of benzene rings is 1. The van der Waals surface area contributed by atoms with Gasteiger partial charge >= 0.3 is 6.03 Å². The molecule has 2 N–H and O–H groups in total. The smallest absolute Gasteiger partial charge is 0.317 e. The van der Waals surface area contributed by atoms with Gasteiger partial charge in [0.05, 0.1) is 12.6 Å². The Kier molecular flexibility index (Phi) is 4.37. The van der Waals surface area contributed by atoms with Crippen molar-refractivity contribution in [3.05, 3.63) is 35.1 Å². The summed E-state index contributed by atoms with van der Waals surface area (Å²) in [6, 6.07) is 4.46. The van der Waals surface area contributed by atoms with E-state index in [4.69, 9.17) is 5.11 Å². The predicted molar refractivity (Wildman–Crippen MR) is 70.3 cm³/mol. The fourth-order valence-corrected chi connectivity index (χ4v) is 2.50. The lowest BCUT2D eigenvalue weighted by molar-refractivity contribution is 0.177. The Bertz CT molecular complexity index is 465. The lowest BCUT2D eigenvalue weighted by atomic mass is 10.1. The highest BCUT2D eigenvalue weighted by Gasteiger charge is 2.25. The maximum atomic E-state index is 13.1. The molecule has 0 aromatic heterocycles. The summed E-state index contributed by atoms with van der Waals surface area (Å²) < 4.78 is 13.1. The Balaban J connectivity index is 2.04. The number of likely N-dealkylation sites (N-methyl/N-ethyl adjacent to an activating group) is 1. The minimum absolute atomic E-state index is 0.0479. The molecule has 0 spiro atoms. The molecule has 0 fully saturated rings. The molecule has 1 aromatic carbocycles. The van der Waals surface area contributed by atoms with Gasteiger partial charge in [-0.2, -0.15) is 0 Å². The van der Waals surface area contributed by atoms with Crippen LogP contribution in [-0.4, -0.2) is 35.7 Å². The third kappa shape index (κ3) is 3.04. The summed E-state index contributed by atoms with van der Waals surface area (Å²) in [5, 5.41) is 11.8. The van der Waals surface area contributed by atoms with Crippen molar-refractivity contribution in [1.82, 2.24) is 10.2 Å². The molecule has 1 unspecified atom stereocenters. The maximum absolute atomic E-state index is 13.1. The molecule has 0 heterocycles. The maximum Gasteiger partial charge on any atom is 0.317 e. The van der Waals surface area contributed by atoms with E-state index < -0.39 is 0 Å². The van der Waals surface area contributed by atoms with Gasteiger partial charge in [-0.15, -0.1) is 0 Å². The van der Waals surface area contributed by atoms with Crippen molar-refractivity contribution >= 4 is 6.03 Å². The van der Waals surface area contributed by atoms with Crippen molar-refractivity contribution in [3.8, 4) is 0 Å². The average Bonchev–Trinajstić information content (AvgIpc) is 2.78. The average molecular weight is 266 g/mol. The second-order valence-corrected chi connectivity index (χ2v) is 4.69. The number of fused-ring (bicyclic) bond motifs is 1. The number of nitrogens with zero attached hydrogens (tertiary/aromatic N) is 1. The van der Waals surface area contributed by atoms with E-state index in [1.807, 2.05) is 6.92 Å². The third-order valence-corrected chi connectivity index (χ3v) is 3.52. The zero-order valence-corrected chi connectivity index (χ0v) is 11.0. The first-order valence-electron chi connectivity index (χ1n) is 6.60. The number of halogens is 1. The topological polar surface area (TPSA) is 52.6 Å². The van der Waals surface area contributed by atoms with Crippen LogP contribution in [0.5, 0.6) is 0 Å². The molecule has 1 aliphatic rings. The lowest BCUT2D eigenvalue weighted by Crippen LogP contribution is -2.42. The SMILES string of the molecule is CCN(CCO)C(=O)NC1CCc2cc(F)ccc21. The van der Waals surface area contributed by atoms with Gasteiger partial charge in [-0.3, -0.25) is 0 Å². The van der Waals surface area contributed by atoms with Crippen LogP contribution < -0.4 is 5.32 Å². The minimum atomic E-state index is -0.235. The molecule has 0 radical (unpaired) electrons. The molecule has 0 aliphatic heterocycles. The summed E-state index contributed by atoms with van der Waals surface area (Å²) in [6.45, 7) is 2.70. The van der Waals surface area contributed by atoms with E-state index >= 15 is 0 Å². The Hall–Kier alpha value is -1.62. The molecule has 0 saturated carbocycles. The van der Waals surface area contributed by atoms with Gasteiger partial charge in [0.25, 0.3) is 0 Å². The molecule has 0 bridgehead atoms. The molecule has 1 aliphatic carbocycles. The van der Waals surface area contributed by atoms with Gasteiger partial charge in [0.2, 0.25) is 0 Å². The summed E-state index contributed by atoms with van der Waals surface area (Å²) in [5.41, 5.74) is 1.96. The van der Waals surface area contributed by atoms with Gasteiger partial charge in [0.1, 0.15) is 5.82 Å². The molecule has 2 amide bonds. The van der Waals surface area contributed by atoms with Gasteiger partial charge in [-0.25, -0.2) is 9.18 Å². The standard InChI is InChI=1S/C14H19FN2O2/c1-2-17(7-8-18)14(19)16-13-6-3-10-9-11(15)4-5-12(10)13/h4-5,9,13,18H,2-3,6-8H2,1H3,(H,16,19). The zero-order valence-electron chi connectivity index (χ0n) is 11.0. The van der Waals surface area contributed by atoms with Crippen LogP contribution in [-0.2, 0) is 6.42 Å². The van der Waals surface area contributed by atoms with Gasteiger partial charge in [0.15, 0.2) is 0 Å². The van der Waals surface area contributed by atoms with E-state index in [9.17, 15) is 9.18 Å². The van der Waals surface area contributed by atoms with Gasteiger partial charge in [0, 0.05) is 13.1 Å². The third-order valence-electron chi connectivity index (χ3n) is 3.52. The predicted octanol–water partition coefficient (Wildman–Crippen LogP) is 1.84. The molecular formula is C14H19FN2O2. The first-order valence-corrected chi connectivity index (χ1v) is 6.60. The highest BCUT2D eigenvalue weighted by molar-refractivity contribution is 5.75. The number of aryl methyl sites for hydroxylation is 1. The van der Waals surface area contributed by atoms with Crippen LogP contribution in [0, 0.1) is 5.82 Å². The Labute approximate surface area is 112 Å². The number of carbonyl (C=O) groups excluding carboxylic acids is 1. The second kappa shape index (κ2) is 6.02. The van der Waals surface area contributed by atoms with Gasteiger partial charge in [-0.05, 0) is 43.0 Å².